The minimum Gasteiger partial charge on any atom is -0.462 e. The third kappa shape index (κ3) is 46.8. The lowest BCUT2D eigenvalue weighted by Gasteiger charge is -2.18. The van der Waals surface area contributed by atoms with Gasteiger partial charge in [-0.25, -0.2) is 0 Å². The number of rotatable bonds is 47. The molecule has 0 aromatic rings. The maximum Gasteiger partial charge on any atom is 0.306 e. The summed E-state index contributed by atoms with van der Waals surface area (Å²) >= 11 is 0. The lowest BCUT2D eigenvalue weighted by atomic mass is 10.0. The number of hydrogen-bond acceptors (Lipinski definition) is 6. The van der Waals surface area contributed by atoms with E-state index in [9.17, 15) is 14.4 Å². The molecule has 0 rings (SSSR count). The highest BCUT2D eigenvalue weighted by Crippen LogP contribution is 2.15. The number of ether oxygens (including phenoxy) is 3. The Labute approximate surface area is 366 Å². The van der Waals surface area contributed by atoms with Crippen LogP contribution in [-0.2, 0) is 28.6 Å². The summed E-state index contributed by atoms with van der Waals surface area (Å²) in [7, 11) is 0. The van der Waals surface area contributed by atoms with Crippen LogP contribution in [0.1, 0.15) is 278 Å². The molecular formula is C53H98O6. The molecule has 1 atom stereocenters. The molecule has 1 unspecified atom stereocenters. The van der Waals surface area contributed by atoms with Crippen molar-refractivity contribution in [3.63, 3.8) is 0 Å². The Hall–Kier alpha value is -2.11. The SMILES string of the molecule is CCCCCCCCC/C=C\C=C/CCCCCCCC(=O)OCC(COC(=O)CCCCCCCCCCCCC)OC(=O)CCCCCCCCCCCCCC. The van der Waals surface area contributed by atoms with E-state index in [0.717, 1.165) is 77.0 Å². The van der Waals surface area contributed by atoms with E-state index in [0.29, 0.717) is 19.3 Å². The first-order chi connectivity index (χ1) is 29.0. The van der Waals surface area contributed by atoms with Gasteiger partial charge in [-0.05, 0) is 44.9 Å². The number of carbonyl (C=O) groups excluding carboxylic acids is 3. The second-order valence-electron chi connectivity index (χ2n) is 17.5. The average molecular weight is 831 g/mol. The Balaban J connectivity index is 4.33. The van der Waals surface area contributed by atoms with E-state index in [4.69, 9.17) is 14.2 Å². The summed E-state index contributed by atoms with van der Waals surface area (Å²) in [6.45, 7) is 6.63. The van der Waals surface area contributed by atoms with Gasteiger partial charge in [0.1, 0.15) is 13.2 Å². The van der Waals surface area contributed by atoms with Crippen LogP contribution in [0.5, 0.6) is 0 Å². The molecule has 0 saturated heterocycles. The van der Waals surface area contributed by atoms with Crippen LogP contribution in [0, 0.1) is 0 Å². The smallest absolute Gasteiger partial charge is 0.306 e. The van der Waals surface area contributed by atoms with Crippen LogP contribution in [0.25, 0.3) is 0 Å². The number of esters is 3. The first kappa shape index (κ1) is 56.9. The van der Waals surface area contributed by atoms with Gasteiger partial charge in [0.05, 0.1) is 0 Å². The zero-order valence-corrected chi connectivity index (χ0v) is 39.5. The van der Waals surface area contributed by atoms with Gasteiger partial charge in [-0.15, -0.1) is 0 Å². The average Bonchev–Trinajstić information content (AvgIpc) is 3.23. The van der Waals surface area contributed by atoms with Gasteiger partial charge < -0.3 is 14.2 Å². The first-order valence-electron chi connectivity index (χ1n) is 25.9. The molecule has 6 nitrogen and oxygen atoms in total. The predicted molar refractivity (Wildman–Crippen MR) is 252 cm³/mol. The van der Waals surface area contributed by atoms with Crippen LogP contribution in [-0.4, -0.2) is 37.2 Å². The second kappa shape index (κ2) is 48.6. The second-order valence-corrected chi connectivity index (χ2v) is 17.5. The van der Waals surface area contributed by atoms with Gasteiger partial charge in [0.2, 0.25) is 0 Å². The van der Waals surface area contributed by atoms with Gasteiger partial charge in [-0.2, -0.15) is 0 Å². The lowest BCUT2D eigenvalue weighted by Crippen LogP contribution is -2.30. The van der Waals surface area contributed by atoms with Crippen LogP contribution in [0.2, 0.25) is 0 Å². The molecule has 0 amide bonds. The van der Waals surface area contributed by atoms with Gasteiger partial charge in [0.15, 0.2) is 6.10 Å². The Bertz CT molecular complexity index is 958. The monoisotopic (exact) mass is 831 g/mol. The number of carbonyl (C=O) groups is 3. The number of allylic oxidation sites excluding steroid dienone is 4. The standard InChI is InChI=1S/C53H98O6/c1-4-7-10-13-16-19-22-24-25-26-27-28-29-32-34-37-40-43-46-52(55)58-49-50(48-57-51(54)45-42-39-36-33-30-21-18-15-12-9-6-3)59-53(56)47-44-41-38-35-31-23-20-17-14-11-8-5-2/h25-28,50H,4-24,29-49H2,1-3H3/b26-25-,28-27-. The zero-order valence-electron chi connectivity index (χ0n) is 39.5. The molecule has 0 aromatic carbocycles. The van der Waals surface area contributed by atoms with Crippen LogP contribution in [0.15, 0.2) is 24.3 Å². The van der Waals surface area contributed by atoms with Crippen molar-refractivity contribution in [2.24, 2.45) is 0 Å². The third-order valence-corrected chi connectivity index (χ3v) is 11.5. The van der Waals surface area contributed by atoms with E-state index in [-0.39, 0.29) is 31.1 Å². The van der Waals surface area contributed by atoms with Crippen molar-refractivity contribution in [3.8, 4) is 0 Å². The summed E-state index contributed by atoms with van der Waals surface area (Å²) in [4.78, 5) is 37.9. The van der Waals surface area contributed by atoms with Crippen molar-refractivity contribution in [2.75, 3.05) is 13.2 Å². The molecule has 0 aliphatic carbocycles. The number of unbranched alkanes of at least 4 members (excludes halogenated alkanes) is 33. The molecule has 0 radical (unpaired) electrons. The summed E-state index contributed by atoms with van der Waals surface area (Å²) in [6, 6.07) is 0. The highest BCUT2D eigenvalue weighted by atomic mass is 16.6. The maximum absolute atomic E-state index is 12.8. The van der Waals surface area contributed by atoms with Gasteiger partial charge in [0, 0.05) is 19.3 Å². The van der Waals surface area contributed by atoms with Crippen molar-refractivity contribution in [2.45, 2.75) is 284 Å². The van der Waals surface area contributed by atoms with Gasteiger partial charge in [0.25, 0.3) is 0 Å². The molecule has 346 valence electrons. The molecule has 59 heavy (non-hydrogen) atoms. The maximum atomic E-state index is 12.8. The molecule has 0 N–H and O–H groups in total. The van der Waals surface area contributed by atoms with E-state index in [1.165, 1.54) is 161 Å². The van der Waals surface area contributed by atoms with Crippen molar-refractivity contribution >= 4 is 17.9 Å². The molecule has 0 aliphatic rings. The van der Waals surface area contributed by atoms with E-state index >= 15 is 0 Å². The van der Waals surface area contributed by atoms with Crippen molar-refractivity contribution in [1.29, 1.82) is 0 Å². The molecule has 0 bridgehead atoms. The van der Waals surface area contributed by atoms with Crippen molar-refractivity contribution in [1.82, 2.24) is 0 Å². The fourth-order valence-corrected chi connectivity index (χ4v) is 7.55. The summed E-state index contributed by atoms with van der Waals surface area (Å²) in [5.41, 5.74) is 0. The van der Waals surface area contributed by atoms with Crippen molar-refractivity contribution < 1.29 is 28.6 Å². The minimum absolute atomic E-state index is 0.0717. The fourth-order valence-electron chi connectivity index (χ4n) is 7.55. The predicted octanol–water partition coefficient (Wildman–Crippen LogP) is 16.8. The van der Waals surface area contributed by atoms with Crippen LogP contribution >= 0.6 is 0 Å². The summed E-state index contributed by atoms with van der Waals surface area (Å²) < 4.78 is 16.8. The molecule has 0 aliphatic heterocycles. The summed E-state index contributed by atoms with van der Waals surface area (Å²) in [5, 5.41) is 0. The Morgan fingerprint density at radius 3 is 0.898 bits per heavy atom. The third-order valence-electron chi connectivity index (χ3n) is 11.5. The lowest BCUT2D eigenvalue weighted by molar-refractivity contribution is -0.167. The zero-order chi connectivity index (χ0) is 43.0. The fraction of sp³-hybridized carbons (Fsp3) is 0.868. The topological polar surface area (TPSA) is 78.9 Å². The molecule has 0 heterocycles. The highest BCUT2D eigenvalue weighted by molar-refractivity contribution is 5.71. The molecular weight excluding hydrogens is 733 g/mol. The summed E-state index contributed by atoms with van der Waals surface area (Å²) in [6.07, 6.45) is 54.4. The highest BCUT2D eigenvalue weighted by Gasteiger charge is 2.19. The van der Waals surface area contributed by atoms with Crippen LogP contribution in [0.4, 0.5) is 0 Å². The van der Waals surface area contributed by atoms with E-state index in [2.05, 4.69) is 45.1 Å². The van der Waals surface area contributed by atoms with Crippen molar-refractivity contribution in [3.05, 3.63) is 24.3 Å². The van der Waals surface area contributed by atoms with E-state index in [1.54, 1.807) is 0 Å². The Morgan fingerprint density at radius 1 is 0.339 bits per heavy atom. The number of hydrogen-bond donors (Lipinski definition) is 0. The molecule has 6 heteroatoms. The minimum atomic E-state index is -0.770. The van der Waals surface area contributed by atoms with E-state index in [1.807, 2.05) is 0 Å². The van der Waals surface area contributed by atoms with E-state index < -0.39 is 6.10 Å². The quantitative estimate of drug-likeness (QED) is 0.0263. The molecule has 0 aromatic heterocycles. The van der Waals surface area contributed by atoms with Gasteiger partial charge in [-0.3, -0.25) is 14.4 Å². The Morgan fingerprint density at radius 2 is 0.593 bits per heavy atom. The van der Waals surface area contributed by atoms with Gasteiger partial charge in [-0.1, -0.05) is 238 Å². The normalized spacial score (nSPS) is 12.1. The van der Waals surface area contributed by atoms with Crippen LogP contribution in [0.3, 0.4) is 0 Å². The molecule has 0 saturated carbocycles. The largest absolute Gasteiger partial charge is 0.462 e. The molecule has 0 spiro atoms. The van der Waals surface area contributed by atoms with Crippen LogP contribution < -0.4 is 0 Å². The Kier molecular flexibility index (Phi) is 46.8. The summed E-state index contributed by atoms with van der Waals surface area (Å²) in [5.74, 6) is -0.876. The van der Waals surface area contributed by atoms with Gasteiger partial charge >= 0.3 is 17.9 Å². The molecule has 0 fully saturated rings. The first-order valence-corrected chi connectivity index (χ1v) is 25.9.